The number of thiazole rings is 1. The maximum Gasteiger partial charge on any atom is 0.303 e. The van der Waals surface area contributed by atoms with Gasteiger partial charge in [0.15, 0.2) is 0 Å². The van der Waals surface area contributed by atoms with Gasteiger partial charge in [-0.25, -0.2) is 4.98 Å². The molecule has 0 saturated heterocycles. The molecule has 2 aromatic rings. The van der Waals surface area contributed by atoms with E-state index in [-0.39, 0.29) is 6.42 Å². The average molecular weight is 221 g/mol. The fraction of sp³-hybridized carbons (Fsp3) is 0.273. The lowest BCUT2D eigenvalue weighted by molar-refractivity contribution is -0.136. The van der Waals surface area contributed by atoms with Crippen LogP contribution in [0.2, 0.25) is 0 Å². The summed E-state index contributed by atoms with van der Waals surface area (Å²) in [5, 5.41) is 9.66. The first-order valence-electron chi connectivity index (χ1n) is 4.73. The van der Waals surface area contributed by atoms with E-state index in [1.54, 1.807) is 11.3 Å². The highest BCUT2D eigenvalue weighted by Gasteiger charge is 2.07. The summed E-state index contributed by atoms with van der Waals surface area (Å²) in [6, 6.07) is 5.92. The molecule has 15 heavy (non-hydrogen) atoms. The Bertz CT molecular complexity index is 504. The van der Waals surface area contributed by atoms with Crippen molar-refractivity contribution in [1.29, 1.82) is 0 Å². The van der Waals surface area contributed by atoms with Crippen molar-refractivity contribution in [2.24, 2.45) is 0 Å². The minimum Gasteiger partial charge on any atom is -0.481 e. The molecule has 4 heteroatoms. The number of para-hydroxylation sites is 1. The van der Waals surface area contributed by atoms with Gasteiger partial charge in [-0.05, 0) is 25.0 Å². The number of carbonyl (C=O) groups is 1. The Morgan fingerprint density at radius 1 is 1.53 bits per heavy atom. The van der Waals surface area contributed by atoms with Crippen molar-refractivity contribution >= 4 is 27.5 Å². The van der Waals surface area contributed by atoms with Crippen LogP contribution in [-0.2, 0) is 11.2 Å². The maximum absolute atomic E-state index is 10.5. The summed E-state index contributed by atoms with van der Waals surface area (Å²) in [5.74, 6) is -0.765. The second-order valence-corrected chi connectivity index (χ2v) is 4.63. The van der Waals surface area contributed by atoms with Crippen LogP contribution in [0, 0.1) is 6.92 Å². The van der Waals surface area contributed by atoms with E-state index in [1.165, 1.54) is 0 Å². The van der Waals surface area contributed by atoms with Crippen LogP contribution in [0.5, 0.6) is 0 Å². The predicted octanol–water partition coefficient (Wildman–Crippen LogP) is 2.62. The van der Waals surface area contributed by atoms with E-state index in [0.717, 1.165) is 20.8 Å². The molecule has 0 unspecified atom stereocenters. The Morgan fingerprint density at radius 3 is 3.07 bits per heavy atom. The molecular formula is C11H11NO2S. The van der Waals surface area contributed by atoms with E-state index in [0.29, 0.717) is 6.42 Å². The van der Waals surface area contributed by atoms with Gasteiger partial charge in [-0.15, -0.1) is 11.3 Å². The van der Waals surface area contributed by atoms with Crippen molar-refractivity contribution in [2.75, 3.05) is 0 Å². The second-order valence-electron chi connectivity index (χ2n) is 3.39. The SMILES string of the molecule is Cc1nc2c(CCC(=O)O)cccc2s1. The monoisotopic (exact) mass is 221 g/mol. The van der Waals surface area contributed by atoms with Gasteiger partial charge in [0.25, 0.3) is 0 Å². The number of fused-ring (bicyclic) bond motifs is 1. The van der Waals surface area contributed by atoms with Crippen LogP contribution in [0.15, 0.2) is 18.2 Å². The zero-order chi connectivity index (χ0) is 10.8. The van der Waals surface area contributed by atoms with Gasteiger partial charge in [0.05, 0.1) is 15.2 Å². The van der Waals surface area contributed by atoms with E-state index in [9.17, 15) is 4.79 Å². The summed E-state index contributed by atoms with van der Waals surface area (Å²) in [6.45, 7) is 1.96. The number of rotatable bonds is 3. The highest BCUT2D eigenvalue weighted by molar-refractivity contribution is 7.18. The van der Waals surface area contributed by atoms with Gasteiger partial charge in [-0.2, -0.15) is 0 Å². The Hall–Kier alpha value is -1.42. The summed E-state index contributed by atoms with van der Waals surface area (Å²) in [5.41, 5.74) is 1.99. The molecule has 0 atom stereocenters. The predicted molar refractivity (Wildman–Crippen MR) is 60.3 cm³/mol. The van der Waals surface area contributed by atoms with Crippen LogP contribution >= 0.6 is 11.3 Å². The maximum atomic E-state index is 10.5. The number of hydrogen-bond acceptors (Lipinski definition) is 3. The molecule has 1 aromatic heterocycles. The first-order valence-corrected chi connectivity index (χ1v) is 5.55. The van der Waals surface area contributed by atoms with Gasteiger partial charge in [0.2, 0.25) is 0 Å². The summed E-state index contributed by atoms with van der Waals surface area (Å²) in [6.07, 6.45) is 0.714. The van der Waals surface area contributed by atoms with Gasteiger partial charge >= 0.3 is 5.97 Å². The fourth-order valence-electron chi connectivity index (χ4n) is 1.56. The molecule has 0 fully saturated rings. The first kappa shape index (κ1) is 10.1. The third kappa shape index (κ3) is 2.15. The molecule has 0 spiro atoms. The normalized spacial score (nSPS) is 10.7. The molecule has 1 heterocycles. The van der Waals surface area contributed by atoms with E-state index < -0.39 is 5.97 Å². The van der Waals surface area contributed by atoms with Crippen molar-refractivity contribution in [3.8, 4) is 0 Å². The minimum atomic E-state index is -0.765. The molecule has 0 aliphatic heterocycles. The number of carboxylic acids is 1. The lowest BCUT2D eigenvalue weighted by atomic mass is 10.1. The van der Waals surface area contributed by atoms with Crippen molar-refractivity contribution < 1.29 is 9.90 Å². The van der Waals surface area contributed by atoms with Crippen molar-refractivity contribution in [3.63, 3.8) is 0 Å². The second kappa shape index (κ2) is 3.98. The van der Waals surface area contributed by atoms with Gasteiger partial charge < -0.3 is 5.11 Å². The standard InChI is InChI=1S/C11H11NO2S/c1-7-12-11-8(5-6-10(13)14)3-2-4-9(11)15-7/h2-4H,5-6H2,1H3,(H,13,14). The lowest BCUT2D eigenvalue weighted by Gasteiger charge is -1.99. The molecule has 0 bridgehead atoms. The van der Waals surface area contributed by atoms with Crippen LogP contribution in [-0.4, -0.2) is 16.1 Å². The van der Waals surface area contributed by atoms with E-state index in [4.69, 9.17) is 5.11 Å². The molecule has 78 valence electrons. The third-order valence-electron chi connectivity index (χ3n) is 2.22. The van der Waals surface area contributed by atoms with Crippen molar-refractivity contribution in [2.45, 2.75) is 19.8 Å². The Kier molecular flexibility index (Phi) is 2.68. The van der Waals surface area contributed by atoms with E-state index in [2.05, 4.69) is 4.98 Å². The Morgan fingerprint density at radius 2 is 2.33 bits per heavy atom. The van der Waals surface area contributed by atoms with Crippen LogP contribution in [0.25, 0.3) is 10.2 Å². The van der Waals surface area contributed by atoms with Gasteiger partial charge in [0, 0.05) is 6.42 Å². The fourth-order valence-corrected chi connectivity index (χ4v) is 2.43. The molecule has 1 aromatic carbocycles. The number of benzene rings is 1. The quantitative estimate of drug-likeness (QED) is 0.866. The molecule has 1 N–H and O–H groups in total. The summed E-state index contributed by atoms with van der Waals surface area (Å²) < 4.78 is 1.13. The van der Waals surface area contributed by atoms with Crippen molar-refractivity contribution in [1.82, 2.24) is 4.98 Å². The number of aromatic nitrogens is 1. The molecule has 2 rings (SSSR count). The van der Waals surface area contributed by atoms with E-state index in [1.807, 2.05) is 25.1 Å². The summed E-state index contributed by atoms with van der Waals surface area (Å²) >= 11 is 1.64. The van der Waals surface area contributed by atoms with Gasteiger partial charge in [-0.1, -0.05) is 12.1 Å². The van der Waals surface area contributed by atoms with Crippen LogP contribution in [0.4, 0.5) is 0 Å². The first-order chi connectivity index (χ1) is 7.16. The van der Waals surface area contributed by atoms with Crippen LogP contribution < -0.4 is 0 Å². The highest BCUT2D eigenvalue weighted by Crippen LogP contribution is 2.25. The zero-order valence-corrected chi connectivity index (χ0v) is 9.17. The lowest BCUT2D eigenvalue weighted by Crippen LogP contribution is -1.97. The smallest absolute Gasteiger partial charge is 0.303 e. The van der Waals surface area contributed by atoms with Crippen LogP contribution in [0.3, 0.4) is 0 Å². The average Bonchev–Trinajstić information content (AvgIpc) is 2.55. The minimum absolute atomic E-state index is 0.162. The number of carboxylic acid groups (broad SMARTS) is 1. The topological polar surface area (TPSA) is 50.2 Å². The Balaban J connectivity index is 2.37. The highest BCUT2D eigenvalue weighted by atomic mass is 32.1. The molecular weight excluding hydrogens is 210 g/mol. The number of aliphatic carboxylic acids is 1. The molecule has 3 nitrogen and oxygen atoms in total. The molecule has 0 aliphatic carbocycles. The number of hydrogen-bond donors (Lipinski definition) is 1. The number of aryl methyl sites for hydroxylation is 2. The zero-order valence-electron chi connectivity index (χ0n) is 8.36. The molecule has 0 amide bonds. The molecule has 0 saturated carbocycles. The number of nitrogens with zero attached hydrogens (tertiary/aromatic N) is 1. The van der Waals surface area contributed by atoms with Crippen molar-refractivity contribution in [3.05, 3.63) is 28.8 Å². The van der Waals surface area contributed by atoms with Gasteiger partial charge in [-0.3, -0.25) is 4.79 Å². The Labute approximate surface area is 91.4 Å². The molecule has 0 radical (unpaired) electrons. The summed E-state index contributed by atoms with van der Waals surface area (Å²) in [4.78, 5) is 14.9. The van der Waals surface area contributed by atoms with Crippen LogP contribution in [0.1, 0.15) is 17.0 Å². The largest absolute Gasteiger partial charge is 0.481 e. The summed E-state index contributed by atoms with van der Waals surface area (Å²) in [7, 11) is 0. The molecule has 0 aliphatic rings. The van der Waals surface area contributed by atoms with E-state index >= 15 is 0 Å². The third-order valence-corrected chi connectivity index (χ3v) is 3.15. The van der Waals surface area contributed by atoms with Gasteiger partial charge in [0.1, 0.15) is 0 Å².